The minimum Gasteiger partial charge on any atom is -0.496 e. The fraction of sp³-hybridized carbons (Fsp3) is 0.533. The second-order valence-electron chi connectivity index (χ2n) is 5.51. The quantitative estimate of drug-likeness (QED) is 0.830. The molecule has 19 heavy (non-hydrogen) atoms. The Bertz CT molecular complexity index is 455. The summed E-state index contributed by atoms with van der Waals surface area (Å²) in [6.07, 6.45) is 0.115. The van der Waals surface area contributed by atoms with Gasteiger partial charge in [0.25, 0.3) is 0 Å². The van der Waals surface area contributed by atoms with Crippen molar-refractivity contribution in [2.75, 3.05) is 14.2 Å². The minimum atomic E-state index is -0.782. The summed E-state index contributed by atoms with van der Waals surface area (Å²) in [7, 11) is 3.50. The molecule has 0 heterocycles. The van der Waals surface area contributed by atoms with Crippen molar-refractivity contribution in [2.45, 2.75) is 33.2 Å². The van der Waals surface area contributed by atoms with Gasteiger partial charge in [0.15, 0.2) is 0 Å². The molecule has 0 bridgehead atoms. The van der Waals surface area contributed by atoms with Crippen molar-refractivity contribution < 1.29 is 14.6 Å². The molecule has 0 aromatic heterocycles. The van der Waals surface area contributed by atoms with Crippen LogP contribution in [0.1, 0.15) is 37.4 Å². The van der Waals surface area contributed by atoms with Crippen molar-refractivity contribution in [1.29, 1.82) is 0 Å². The largest absolute Gasteiger partial charge is 0.496 e. The van der Waals surface area contributed by atoms with E-state index in [9.17, 15) is 4.79 Å². The average molecular weight is 265 g/mol. The lowest BCUT2D eigenvalue weighted by Gasteiger charge is -2.33. The number of benzene rings is 1. The first kappa shape index (κ1) is 15.5. The lowest BCUT2D eigenvalue weighted by Crippen LogP contribution is -2.34. The van der Waals surface area contributed by atoms with Crippen molar-refractivity contribution in [3.63, 3.8) is 0 Å². The summed E-state index contributed by atoms with van der Waals surface area (Å²) in [5.74, 6) is 0.0603. The number of carbonyl (C=O) groups is 1. The molecule has 1 aromatic rings. The van der Waals surface area contributed by atoms with Crippen LogP contribution in [0.4, 0.5) is 0 Å². The Kier molecular flexibility index (Phi) is 4.95. The van der Waals surface area contributed by atoms with Gasteiger partial charge in [-0.3, -0.25) is 4.79 Å². The third-order valence-electron chi connectivity index (χ3n) is 3.43. The van der Waals surface area contributed by atoms with Crippen molar-refractivity contribution in [3.8, 4) is 5.75 Å². The molecule has 0 aliphatic rings. The van der Waals surface area contributed by atoms with Gasteiger partial charge >= 0.3 is 5.97 Å². The predicted molar refractivity (Wildman–Crippen MR) is 75.6 cm³/mol. The number of rotatable bonds is 6. The first-order valence-corrected chi connectivity index (χ1v) is 6.35. The van der Waals surface area contributed by atoms with Crippen LogP contribution in [-0.2, 0) is 4.79 Å². The number of nitrogens with one attached hydrogen (secondary N) is 1. The van der Waals surface area contributed by atoms with E-state index >= 15 is 0 Å². The smallest absolute Gasteiger partial charge is 0.303 e. The third-order valence-corrected chi connectivity index (χ3v) is 3.43. The molecule has 0 saturated heterocycles. The van der Waals surface area contributed by atoms with Gasteiger partial charge in [0.1, 0.15) is 5.75 Å². The monoisotopic (exact) mass is 265 g/mol. The van der Waals surface area contributed by atoms with Gasteiger partial charge in [-0.2, -0.15) is 0 Å². The van der Waals surface area contributed by atoms with Crippen molar-refractivity contribution in [2.24, 2.45) is 5.41 Å². The molecular weight excluding hydrogens is 242 g/mol. The molecule has 0 spiro atoms. The van der Waals surface area contributed by atoms with E-state index in [1.807, 2.05) is 46.0 Å². The molecule has 0 amide bonds. The summed E-state index contributed by atoms with van der Waals surface area (Å²) in [5, 5.41) is 12.3. The van der Waals surface area contributed by atoms with E-state index in [1.54, 1.807) is 7.11 Å². The Hall–Kier alpha value is -1.55. The van der Waals surface area contributed by atoms with E-state index in [0.29, 0.717) is 0 Å². The molecule has 1 aromatic carbocycles. The van der Waals surface area contributed by atoms with Crippen LogP contribution < -0.4 is 10.1 Å². The van der Waals surface area contributed by atoms with Crippen molar-refractivity contribution >= 4 is 5.97 Å². The number of hydrogen-bond acceptors (Lipinski definition) is 3. The SMILES string of the molecule is CNC(c1ccc(OC)c(C)c1)C(C)(C)CC(=O)O. The summed E-state index contributed by atoms with van der Waals surface area (Å²) in [5.41, 5.74) is 1.75. The van der Waals surface area contributed by atoms with E-state index in [4.69, 9.17) is 9.84 Å². The molecule has 0 aliphatic carbocycles. The summed E-state index contributed by atoms with van der Waals surface area (Å²) in [6, 6.07) is 5.93. The molecule has 4 nitrogen and oxygen atoms in total. The van der Waals surface area contributed by atoms with Gasteiger partial charge < -0.3 is 15.2 Å². The Balaban J connectivity index is 3.09. The standard InChI is InChI=1S/C15H23NO3/c1-10-8-11(6-7-12(10)19-5)14(16-4)15(2,3)9-13(17)18/h6-8,14,16H,9H2,1-5H3,(H,17,18). The molecule has 106 valence electrons. The van der Waals surface area contributed by atoms with E-state index in [-0.39, 0.29) is 17.9 Å². The third kappa shape index (κ3) is 3.70. The van der Waals surface area contributed by atoms with Gasteiger partial charge in [0.05, 0.1) is 13.5 Å². The maximum Gasteiger partial charge on any atom is 0.303 e. The van der Waals surface area contributed by atoms with Crippen LogP contribution in [0, 0.1) is 12.3 Å². The average Bonchev–Trinajstić information content (AvgIpc) is 2.27. The highest BCUT2D eigenvalue weighted by atomic mass is 16.5. The van der Waals surface area contributed by atoms with Crippen LogP contribution in [0.2, 0.25) is 0 Å². The van der Waals surface area contributed by atoms with Crippen LogP contribution in [0.3, 0.4) is 0 Å². The molecule has 1 unspecified atom stereocenters. The highest BCUT2D eigenvalue weighted by Crippen LogP contribution is 2.37. The number of aryl methyl sites for hydroxylation is 1. The van der Waals surface area contributed by atoms with Crippen LogP contribution in [-0.4, -0.2) is 25.2 Å². The number of ether oxygens (including phenoxy) is 1. The van der Waals surface area contributed by atoms with Gasteiger partial charge in [0, 0.05) is 6.04 Å². The molecule has 2 N–H and O–H groups in total. The molecule has 0 radical (unpaired) electrons. The van der Waals surface area contributed by atoms with Gasteiger partial charge in [0.2, 0.25) is 0 Å². The predicted octanol–water partition coefficient (Wildman–Crippen LogP) is 2.77. The maximum atomic E-state index is 11.0. The number of aliphatic carboxylic acids is 1. The second kappa shape index (κ2) is 6.06. The van der Waals surface area contributed by atoms with Gasteiger partial charge in [-0.25, -0.2) is 0 Å². The van der Waals surface area contributed by atoms with Crippen LogP contribution in [0.15, 0.2) is 18.2 Å². The summed E-state index contributed by atoms with van der Waals surface area (Å²) in [4.78, 5) is 11.0. The topological polar surface area (TPSA) is 58.6 Å². The summed E-state index contributed by atoms with van der Waals surface area (Å²) < 4.78 is 5.25. The number of carboxylic acid groups (broad SMARTS) is 1. The van der Waals surface area contributed by atoms with Gasteiger partial charge in [-0.05, 0) is 36.6 Å². The normalized spacial score (nSPS) is 13.1. The van der Waals surface area contributed by atoms with Gasteiger partial charge in [-0.15, -0.1) is 0 Å². The zero-order valence-corrected chi connectivity index (χ0v) is 12.3. The fourth-order valence-corrected chi connectivity index (χ4v) is 2.58. The Morgan fingerprint density at radius 3 is 2.53 bits per heavy atom. The second-order valence-corrected chi connectivity index (χ2v) is 5.51. The number of hydrogen-bond donors (Lipinski definition) is 2. The minimum absolute atomic E-state index is 0.0202. The first-order chi connectivity index (χ1) is 8.81. The molecule has 0 fully saturated rings. The maximum absolute atomic E-state index is 11.0. The van der Waals surface area contributed by atoms with E-state index in [2.05, 4.69) is 5.32 Å². The summed E-state index contributed by atoms with van der Waals surface area (Å²) in [6.45, 7) is 5.91. The van der Waals surface area contributed by atoms with E-state index < -0.39 is 5.97 Å². The number of carboxylic acids is 1. The molecule has 4 heteroatoms. The van der Waals surface area contributed by atoms with Crippen molar-refractivity contribution in [3.05, 3.63) is 29.3 Å². The highest BCUT2D eigenvalue weighted by Gasteiger charge is 2.32. The summed E-state index contributed by atoms with van der Waals surface area (Å²) >= 11 is 0. The molecule has 0 saturated carbocycles. The first-order valence-electron chi connectivity index (χ1n) is 6.35. The van der Waals surface area contributed by atoms with Gasteiger partial charge in [-0.1, -0.05) is 26.0 Å². The van der Waals surface area contributed by atoms with Crippen LogP contribution in [0.25, 0.3) is 0 Å². The van der Waals surface area contributed by atoms with E-state index in [0.717, 1.165) is 16.9 Å². The fourth-order valence-electron chi connectivity index (χ4n) is 2.58. The van der Waals surface area contributed by atoms with Crippen LogP contribution in [0.5, 0.6) is 5.75 Å². The van der Waals surface area contributed by atoms with E-state index in [1.165, 1.54) is 0 Å². The number of methoxy groups -OCH3 is 1. The molecular formula is C15H23NO3. The Labute approximate surface area is 114 Å². The Morgan fingerprint density at radius 2 is 2.11 bits per heavy atom. The zero-order valence-electron chi connectivity index (χ0n) is 12.3. The Morgan fingerprint density at radius 1 is 1.47 bits per heavy atom. The lowest BCUT2D eigenvalue weighted by molar-refractivity contribution is -0.139. The molecule has 1 rings (SSSR count). The molecule has 1 atom stereocenters. The highest BCUT2D eigenvalue weighted by molar-refractivity contribution is 5.67. The molecule has 0 aliphatic heterocycles. The lowest BCUT2D eigenvalue weighted by atomic mass is 9.77. The van der Waals surface area contributed by atoms with Crippen molar-refractivity contribution in [1.82, 2.24) is 5.32 Å². The van der Waals surface area contributed by atoms with Crippen LogP contribution >= 0.6 is 0 Å². The zero-order chi connectivity index (χ0) is 14.6.